The fourth-order valence-corrected chi connectivity index (χ4v) is 4.44. The Kier molecular flexibility index (Phi) is 4.61. The van der Waals surface area contributed by atoms with Gasteiger partial charge in [0.15, 0.2) is 9.84 Å². The Morgan fingerprint density at radius 2 is 2.00 bits per heavy atom. The minimum absolute atomic E-state index is 0.0426. The third-order valence-electron chi connectivity index (χ3n) is 3.84. The SMILES string of the molecule is O=C(NCC1CCCS1(=O)=O)C1CCCCCN1. The Hall–Kier alpha value is -0.620. The van der Waals surface area contributed by atoms with Crippen molar-refractivity contribution in [3.05, 3.63) is 0 Å². The summed E-state index contributed by atoms with van der Waals surface area (Å²) >= 11 is 0. The smallest absolute Gasteiger partial charge is 0.237 e. The molecule has 2 aliphatic rings. The van der Waals surface area contributed by atoms with Gasteiger partial charge in [-0.2, -0.15) is 0 Å². The van der Waals surface area contributed by atoms with Gasteiger partial charge in [0.2, 0.25) is 5.91 Å². The Morgan fingerprint density at radius 3 is 2.72 bits per heavy atom. The third-order valence-corrected chi connectivity index (χ3v) is 6.12. The number of hydrogen-bond donors (Lipinski definition) is 2. The molecule has 0 saturated carbocycles. The van der Waals surface area contributed by atoms with Gasteiger partial charge >= 0.3 is 0 Å². The van der Waals surface area contributed by atoms with E-state index in [1.54, 1.807) is 0 Å². The number of hydrogen-bond acceptors (Lipinski definition) is 4. The maximum atomic E-state index is 12.0. The molecule has 2 fully saturated rings. The molecule has 0 aromatic carbocycles. The number of nitrogens with one attached hydrogen (secondary N) is 2. The van der Waals surface area contributed by atoms with Crippen LogP contribution < -0.4 is 10.6 Å². The lowest BCUT2D eigenvalue weighted by Crippen LogP contribution is -2.46. The van der Waals surface area contributed by atoms with Crippen molar-refractivity contribution in [1.82, 2.24) is 10.6 Å². The number of amides is 1. The maximum absolute atomic E-state index is 12.0. The molecule has 0 aliphatic carbocycles. The van der Waals surface area contributed by atoms with Crippen molar-refractivity contribution >= 4 is 15.7 Å². The molecule has 0 bridgehead atoms. The van der Waals surface area contributed by atoms with Crippen LogP contribution in [0.15, 0.2) is 0 Å². The van der Waals surface area contributed by atoms with Gasteiger partial charge in [0.25, 0.3) is 0 Å². The maximum Gasteiger partial charge on any atom is 0.237 e. The topological polar surface area (TPSA) is 75.3 Å². The first-order valence-corrected chi connectivity index (χ1v) is 8.54. The minimum Gasteiger partial charge on any atom is -0.353 e. The summed E-state index contributed by atoms with van der Waals surface area (Å²) in [5, 5.41) is 5.64. The molecule has 18 heavy (non-hydrogen) atoms. The van der Waals surface area contributed by atoms with Crippen LogP contribution in [0.3, 0.4) is 0 Å². The van der Waals surface area contributed by atoms with Crippen LogP contribution in [0.2, 0.25) is 0 Å². The van der Waals surface area contributed by atoms with E-state index in [0.717, 1.165) is 38.6 Å². The highest BCUT2D eigenvalue weighted by molar-refractivity contribution is 7.92. The van der Waals surface area contributed by atoms with Crippen LogP contribution in [-0.2, 0) is 14.6 Å². The second kappa shape index (κ2) is 6.02. The second-order valence-electron chi connectivity index (χ2n) is 5.23. The number of carbonyl (C=O) groups is 1. The third kappa shape index (κ3) is 3.45. The van der Waals surface area contributed by atoms with Crippen LogP contribution >= 0.6 is 0 Å². The molecule has 2 N–H and O–H groups in total. The van der Waals surface area contributed by atoms with Crippen molar-refractivity contribution in [3.63, 3.8) is 0 Å². The predicted octanol–water partition coefficient (Wildman–Crippen LogP) is 0.212. The van der Waals surface area contributed by atoms with Gasteiger partial charge in [-0.3, -0.25) is 4.79 Å². The van der Waals surface area contributed by atoms with Crippen LogP contribution in [0.25, 0.3) is 0 Å². The molecule has 0 aromatic rings. The van der Waals surface area contributed by atoms with Crippen molar-refractivity contribution in [2.24, 2.45) is 0 Å². The van der Waals surface area contributed by atoms with Gasteiger partial charge in [0.1, 0.15) is 0 Å². The summed E-state index contributed by atoms with van der Waals surface area (Å²) in [6.07, 6.45) is 5.59. The molecule has 2 saturated heterocycles. The summed E-state index contributed by atoms with van der Waals surface area (Å²) in [6.45, 7) is 1.15. The molecule has 5 nitrogen and oxygen atoms in total. The zero-order chi connectivity index (χ0) is 13.0. The zero-order valence-electron chi connectivity index (χ0n) is 10.7. The van der Waals surface area contributed by atoms with Crippen molar-refractivity contribution < 1.29 is 13.2 Å². The number of carbonyl (C=O) groups excluding carboxylic acids is 1. The monoisotopic (exact) mass is 274 g/mol. The normalized spacial score (nSPS) is 31.8. The highest BCUT2D eigenvalue weighted by Gasteiger charge is 2.32. The van der Waals surface area contributed by atoms with Crippen molar-refractivity contribution in [3.8, 4) is 0 Å². The molecule has 2 heterocycles. The van der Waals surface area contributed by atoms with Gasteiger partial charge in [-0.25, -0.2) is 8.42 Å². The summed E-state index contributed by atoms with van der Waals surface area (Å²) in [4.78, 5) is 12.0. The lowest BCUT2D eigenvalue weighted by Gasteiger charge is -2.17. The number of rotatable bonds is 3. The van der Waals surface area contributed by atoms with Crippen LogP contribution in [0.4, 0.5) is 0 Å². The van der Waals surface area contributed by atoms with E-state index in [2.05, 4.69) is 10.6 Å². The molecule has 6 heteroatoms. The van der Waals surface area contributed by atoms with Crippen LogP contribution in [0, 0.1) is 0 Å². The first-order valence-electron chi connectivity index (χ1n) is 6.82. The first kappa shape index (κ1) is 13.8. The highest BCUT2D eigenvalue weighted by atomic mass is 32.2. The van der Waals surface area contributed by atoms with E-state index in [0.29, 0.717) is 6.42 Å². The Labute approximate surface area is 109 Å². The molecule has 0 radical (unpaired) electrons. The van der Waals surface area contributed by atoms with Gasteiger partial charge in [-0.1, -0.05) is 12.8 Å². The Balaban J connectivity index is 1.80. The highest BCUT2D eigenvalue weighted by Crippen LogP contribution is 2.19. The van der Waals surface area contributed by atoms with E-state index in [1.165, 1.54) is 0 Å². The predicted molar refractivity (Wildman–Crippen MR) is 70.1 cm³/mol. The van der Waals surface area contributed by atoms with E-state index < -0.39 is 9.84 Å². The van der Waals surface area contributed by atoms with Gasteiger partial charge < -0.3 is 10.6 Å². The van der Waals surface area contributed by atoms with Gasteiger partial charge in [0, 0.05) is 6.54 Å². The fourth-order valence-electron chi connectivity index (χ4n) is 2.68. The summed E-state index contributed by atoms with van der Waals surface area (Å²) in [5.74, 6) is 0.230. The molecular weight excluding hydrogens is 252 g/mol. The summed E-state index contributed by atoms with van der Waals surface area (Å²) < 4.78 is 23.3. The van der Waals surface area contributed by atoms with E-state index in [9.17, 15) is 13.2 Å². The summed E-state index contributed by atoms with van der Waals surface area (Å²) in [5.41, 5.74) is 0. The number of sulfone groups is 1. The van der Waals surface area contributed by atoms with Crippen LogP contribution in [0.1, 0.15) is 38.5 Å². The Morgan fingerprint density at radius 1 is 1.17 bits per heavy atom. The van der Waals surface area contributed by atoms with Gasteiger partial charge in [-0.15, -0.1) is 0 Å². The Bertz CT molecular complexity index is 386. The molecule has 2 unspecified atom stereocenters. The zero-order valence-corrected chi connectivity index (χ0v) is 11.5. The van der Waals surface area contributed by atoms with E-state index in [1.807, 2.05) is 0 Å². The van der Waals surface area contributed by atoms with E-state index in [-0.39, 0.29) is 29.5 Å². The summed E-state index contributed by atoms with van der Waals surface area (Å²) in [7, 11) is -2.96. The largest absolute Gasteiger partial charge is 0.353 e. The van der Waals surface area contributed by atoms with Crippen molar-refractivity contribution in [1.29, 1.82) is 0 Å². The van der Waals surface area contributed by atoms with Gasteiger partial charge in [-0.05, 0) is 32.2 Å². The molecule has 2 aliphatic heterocycles. The first-order chi connectivity index (χ1) is 8.59. The molecular formula is C12H22N2O3S. The molecule has 0 spiro atoms. The summed E-state index contributed by atoms with van der Waals surface area (Å²) in [6, 6.07) is -0.142. The molecule has 104 valence electrons. The second-order valence-corrected chi connectivity index (χ2v) is 7.63. The lowest BCUT2D eigenvalue weighted by molar-refractivity contribution is -0.123. The average molecular weight is 274 g/mol. The quantitative estimate of drug-likeness (QED) is 0.771. The van der Waals surface area contributed by atoms with Crippen LogP contribution in [-0.4, -0.2) is 44.5 Å². The average Bonchev–Trinajstić information content (AvgIpc) is 2.58. The van der Waals surface area contributed by atoms with E-state index >= 15 is 0 Å². The molecule has 0 aromatic heterocycles. The molecule has 1 amide bonds. The molecule has 2 atom stereocenters. The standard InChI is InChI=1S/C12H22N2O3S/c15-12(11-6-2-1-3-7-13-11)14-9-10-5-4-8-18(10,16)17/h10-11,13H,1-9H2,(H,14,15). The van der Waals surface area contributed by atoms with Crippen molar-refractivity contribution in [2.45, 2.75) is 49.8 Å². The van der Waals surface area contributed by atoms with Crippen molar-refractivity contribution in [2.75, 3.05) is 18.8 Å². The lowest BCUT2D eigenvalue weighted by atomic mass is 10.1. The molecule has 2 rings (SSSR count). The van der Waals surface area contributed by atoms with Crippen LogP contribution in [0.5, 0.6) is 0 Å². The fraction of sp³-hybridized carbons (Fsp3) is 0.917. The van der Waals surface area contributed by atoms with E-state index in [4.69, 9.17) is 0 Å². The van der Waals surface area contributed by atoms with Gasteiger partial charge in [0.05, 0.1) is 17.0 Å². The minimum atomic E-state index is -2.96.